The lowest BCUT2D eigenvalue weighted by molar-refractivity contribution is -0.130. The first-order valence-corrected chi connectivity index (χ1v) is 8.04. The molecule has 25 heavy (non-hydrogen) atoms. The molecule has 4 N–H and O–H groups in total. The molecule has 1 aromatic rings. The van der Waals surface area contributed by atoms with Crippen LogP contribution in [0.15, 0.2) is 30.3 Å². The molecule has 0 spiro atoms. The molecule has 1 atom stereocenters. The van der Waals surface area contributed by atoms with Crippen LogP contribution in [0.3, 0.4) is 0 Å². The van der Waals surface area contributed by atoms with Crippen LogP contribution in [0.4, 0.5) is 0 Å². The van der Waals surface area contributed by atoms with E-state index in [0.717, 1.165) is 5.56 Å². The third-order valence-corrected chi connectivity index (χ3v) is 3.23. The Labute approximate surface area is 146 Å². The summed E-state index contributed by atoms with van der Waals surface area (Å²) in [5, 5.41) is 10.0. The van der Waals surface area contributed by atoms with Crippen molar-refractivity contribution in [3.63, 3.8) is 0 Å². The molecule has 0 heterocycles. The quantitative estimate of drug-likeness (QED) is 0.463. The van der Waals surface area contributed by atoms with Crippen molar-refractivity contribution in [2.75, 3.05) is 19.6 Å². The van der Waals surface area contributed by atoms with E-state index in [1.807, 2.05) is 30.3 Å². The second-order valence-electron chi connectivity index (χ2n) is 5.39. The second-order valence-corrected chi connectivity index (χ2v) is 5.39. The first-order chi connectivity index (χ1) is 11.9. The summed E-state index contributed by atoms with van der Waals surface area (Å²) in [6.07, 6.45) is 0.272. The lowest BCUT2D eigenvalue weighted by Gasteiger charge is -2.18. The summed E-state index contributed by atoms with van der Waals surface area (Å²) in [5.74, 6) is -1.59. The van der Waals surface area contributed by atoms with Gasteiger partial charge in [-0.25, -0.2) is 0 Å². The fourth-order valence-electron chi connectivity index (χ4n) is 2.06. The summed E-state index contributed by atoms with van der Waals surface area (Å²) >= 11 is 0. The lowest BCUT2D eigenvalue weighted by atomic mass is 10.1. The number of hydrogen-bond donors (Lipinski definition) is 4. The number of carbonyl (C=O) groups excluding carboxylic acids is 4. The van der Waals surface area contributed by atoms with Gasteiger partial charge < -0.3 is 21.3 Å². The first kappa shape index (κ1) is 20.1. The lowest BCUT2D eigenvalue weighted by Crippen LogP contribution is -2.51. The molecule has 8 heteroatoms. The molecule has 1 aromatic carbocycles. The van der Waals surface area contributed by atoms with Gasteiger partial charge in [0.2, 0.25) is 23.6 Å². The first-order valence-electron chi connectivity index (χ1n) is 8.04. The van der Waals surface area contributed by atoms with E-state index in [1.165, 1.54) is 6.92 Å². The van der Waals surface area contributed by atoms with Gasteiger partial charge in [0.1, 0.15) is 6.04 Å². The Morgan fingerprint density at radius 1 is 0.920 bits per heavy atom. The van der Waals surface area contributed by atoms with E-state index in [1.54, 1.807) is 6.92 Å². The normalized spacial score (nSPS) is 11.1. The smallest absolute Gasteiger partial charge is 0.243 e. The highest BCUT2D eigenvalue weighted by Gasteiger charge is 2.21. The van der Waals surface area contributed by atoms with Crippen molar-refractivity contribution < 1.29 is 19.2 Å². The van der Waals surface area contributed by atoms with Gasteiger partial charge in [-0.2, -0.15) is 0 Å². The number of amides is 4. The minimum absolute atomic E-state index is 0.167. The Morgan fingerprint density at radius 3 is 2.16 bits per heavy atom. The molecule has 0 radical (unpaired) electrons. The third kappa shape index (κ3) is 8.50. The van der Waals surface area contributed by atoms with Gasteiger partial charge in [-0.3, -0.25) is 19.2 Å². The monoisotopic (exact) mass is 348 g/mol. The van der Waals surface area contributed by atoms with Gasteiger partial charge in [0, 0.05) is 19.9 Å². The molecule has 8 nitrogen and oxygen atoms in total. The van der Waals surface area contributed by atoms with Gasteiger partial charge in [-0.15, -0.1) is 0 Å². The predicted octanol–water partition coefficient (Wildman–Crippen LogP) is -0.898. The van der Waals surface area contributed by atoms with Crippen molar-refractivity contribution in [3.8, 4) is 0 Å². The third-order valence-electron chi connectivity index (χ3n) is 3.23. The van der Waals surface area contributed by atoms with Gasteiger partial charge in [0.15, 0.2) is 0 Å². The van der Waals surface area contributed by atoms with E-state index >= 15 is 0 Å². The van der Waals surface area contributed by atoms with Gasteiger partial charge in [0.25, 0.3) is 0 Å². The molecule has 0 unspecified atom stereocenters. The van der Waals surface area contributed by atoms with Crippen LogP contribution in [0.5, 0.6) is 0 Å². The zero-order valence-corrected chi connectivity index (χ0v) is 14.4. The average molecular weight is 348 g/mol. The molecule has 0 saturated heterocycles. The van der Waals surface area contributed by atoms with E-state index in [4.69, 9.17) is 0 Å². The summed E-state index contributed by atoms with van der Waals surface area (Å²) in [6, 6.07) is 8.34. The Bertz CT molecular complexity index is 604. The Hall–Kier alpha value is -2.90. The Kier molecular flexibility index (Phi) is 8.70. The van der Waals surface area contributed by atoms with Crippen molar-refractivity contribution >= 4 is 23.6 Å². The van der Waals surface area contributed by atoms with Crippen LogP contribution < -0.4 is 21.3 Å². The van der Waals surface area contributed by atoms with Crippen LogP contribution in [-0.4, -0.2) is 49.3 Å². The number of benzene rings is 1. The number of nitrogens with one attached hydrogen (secondary N) is 4. The average Bonchev–Trinajstić information content (AvgIpc) is 2.58. The molecule has 0 aliphatic rings. The Morgan fingerprint density at radius 2 is 1.56 bits per heavy atom. The standard InChI is InChI=1S/C17H24N4O4/c1-3-18-15(23)10-20-17(25)14(9-13-7-5-4-6-8-13)21-16(24)11-19-12(2)22/h4-8,14H,3,9-11H2,1-2H3,(H,18,23)(H,19,22)(H,20,25)(H,21,24)/t14-/m0/s1. The summed E-state index contributed by atoms with van der Waals surface area (Å²) in [6.45, 7) is 3.16. The van der Waals surface area contributed by atoms with E-state index in [0.29, 0.717) is 6.54 Å². The molecule has 0 fully saturated rings. The summed E-state index contributed by atoms with van der Waals surface area (Å²) in [5.41, 5.74) is 0.862. The number of rotatable bonds is 9. The van der Waals surface area contributed by atoms with Gasteiger partial charge in [-0.1, -0.05) is 30.3 Å². The van der Waals surface area contributed by atoms with Crippen molar-refractivity contribution in [2.24, 2.45) is 0 Å². The van der Waals surface area contributed by atoms with Crippen molar-refractivity contribution in [1.82, 2.24) is 21.3 Å². The fraction of sp³-hybridized carbons (Fsp3) is 0.412. The molecule has 0 aromatic heterocycles. The van der Waals surface area contributed by atoms with Crippen molar-refractivity contribution in [2.45, 2.75) is 26.3 Å². The highest BCUT2D eigenvalue weighted by molar-refractivity contribution is 5.92. The fourth-order valence-corrected chi connectivity index (χ4v) is 2.06. The minimum Gasteiger partial charge on any atom is -0.355 e. The van der Waals surface area contributed by atoms with E-state index < -0.39 is 17.9 Å². The van der Waals surface area contributed by atoms with Crippen LogP contribution >= 0.6 is 0 Å². The highest BCUT2D eigenvalue weighted by Crippen LogP contribution is 2.03. The number of carbonyl (C=O) groups is 4. The van der Waals surface area contributed by atoms with Crippen LogP contribution in [0.25, 0.3) is 0 Å². The van der Waals surface area contributed by atoms with Crippen LogP contribution in [0.2, 0.25) is 0 Å². The maximum Gasteiger partial charge on any atom is 0.243 e. The molecular formula is C17H24N4O4. The molecule has 0 aliphatic carbocycles. The van der Waals surface area contributed by atoms with Crippen LogP contribution in [0, 0.1) is 0 Å². The largest absolute Gasteiger partial charge is 0.355 e. The predicted molar refractivity (Wildman–Crippen MR) is 92.5 cm³/mol. The van der Waals surface area contributed by atoms with Crippen LogP contribution in [-0.2, 0) is 25.6 Å². The van der Waals surface area contributed by atoms with Gasteiger partial charge in [0.05, 0.1) is 13.1 Å². The topological polar surface area (TPSA) is 116 Å². The maximum absolute atomic E-state index is 12.3. The SMILES string of the molecule is CCNC(=O)CNC(=O)[C@H](Cc1ccccc1)NC(=O)CNC(C)=O. The summed E-state index contributed by atoms with van der Waals surface area (Å²) in [4.78, 5) is 46.6. The summed E-state index contributed by atoms with van der Waals surface area (Å²) in [7, 11) is 0. The van der Waals surface area contributed by atoms with E-state index in [2.05, 4.69) is 21.3 Å². The molecule has 136 valence electrons. The highest BCUT2D eigenvalue weighted by atomic mass is 16.2. The second kappa shape index (κ2) is 10.8. The van der Waals surface area contributed by atoms with Crippen LogP contribution in [0.1, 0.15) is 19.4 Å². The van der Waals surface area contributed by atoms with Gasteiger partial charge >= 0.3 is 0 Å². The zero-order chi connectivity index (χ0) is 18.7. The zero-order valence-electron chi connectivity index (χ0n) is 14.4. The number of hydrogen-bond acceptors (Lipinski definition) is 4. The molecule has 4 amide bonds. The van der Waals surface area contributed by atoms with E-state index in [-0.39, 0.29) is 31.3 Å². The maximum atomic E-state index is 12.3. The van der Waals surface area contributed by atoms with Gasteiger partial charge in [-0.05, 0) is 12.5 Å². The molecule has 0 aliphatic heterocycles. The van der Waals surface area contributed by atoms with E-state index in [9.17, 15) is 19.2 Å². The minimum atomic E-state index is -0.849. The van der Waals surface area contributed by atoms with Crippen molar-refractivity contribution in [3.05, 3.63) is 35.9 Å². The summed E-state index contributed by atoms with van der Waals surface area (Å²) < 4.78 is 0. The Balaban J connectivity index is 2.69. The molecule has 1 rings (SSSR count). The number of likely N-dealkylation sites (N-methyl/N-ethyl adjacent to an activating group) is 1. The molecular weight excluding hydrogens is 324 g/mol. The molecule has 0 saturated carbocycles. The van der Waals surface area contributed by atoms with Crippen molar-refractivity contribution in [1.29, 1.82) is 0 Å². The molecule has 0 bridgehead atoms.